The van der Waals surface area contributed by atoms with E-state index in [1.54, 1.807) is 6.92 Å². The van der Waals surface area contributed by atoms with Crippen LogP contribution in [0.2, 0.25) is 4.34 Å². The van der Waals surface area contributed by atoms with Crippen LogP contribution in [0.15, 0.2) is 12.1 Å². The average molecular weight is 247 g/mol. The normalized spacial score (nSPS) is 15.3. The topological polar surface area (TPSA) is 37.3 Å². The van der Waals surface area contributed by atoms with E-state index in [2.05, 4.69) is 0 Å². The highest BCUT2D eigenvalue weighted by Gasteiger charge is 2.37. The maximum Gasteiger partial charge on any atom is 0.309 e. The summed E-state index contributed by atoms with van der Waals surface area (Å²) in [6.07, 6.45) is 0.539. The van der Waals surface area contributed by atoms with Gasteiger partial charge in [-0.25, -0.2) is 0 Å². The van der Waals surface area contributed by atoms with Gasteiger partial charge in [-0.05, 0) is 31.4 Å². The molecule has 0 saturated carbocycles. The summed E-state index contributed by atoms with van der Waals surface area (Å²) >= 11 is 7.27. The van der Waals surface area contributed by atoms with E-state index in [9.17, 15) is 9.90 Å². The van der Waals surface area contributed by atoms with Gasteiger partial charge in [0, 0.05) is 4.88 Å². The zero-order chi connectivity index (χ0) is 11.6. The van der Waals surface area contributed by atoms with Gasteiger partial charge in [-0.2, -0.15) is 0 Å². The largest absolute Gasteiger partial charge is 0.481 e. The molecule has 0 saturated heterocycles. The first-order chi connectivity index (χ1) is 6.86. The number of halogens is 1. The lowest BCUT2D eigenvalue weighted by molar-refractivity contribution is -0.150. The first kappa shape index (κ1) is 12.5. The molecule has 1 atom stereocenters. The molecule has 0 amide bonds. The van der Waals surface area contributed by atoms with E-state index in [0.717, 1.165) is 4.88 Å². The summed E-state index contributed by atoms with van der Waals surface area (Å²) in [5.74, 6) is -0.655. The van der Waals surface area contributed by atoms with Crippen molar-refractivity contribution in [2.45, 2.75) is 27.2 Å². The van der Waals surface area contributed by atoms with Crippen LogP contribution >= 0.6 is 22.9 Å². The molecule has 1 N–H and O–H groups in total. The summed E-state index contributed by atoms with van der Waals surface area (Å²) in [7, 11) is 0. The second-order valence-corrected chi connectivity index (χ2v) is 6.06. The highest BCUT2D eigenvalue weighted by atomic mass is 35.5. The van der Waals surface area contributed by atoms with Crippen LogP contribution in [0.5, 0.6) is 0 Å². The molecule has 0 aliphatic carbocycles. The van der Waals surface area contributed by atoms with Gasteiger partial charge in [0.05, 0.1) is 9.75 Å². The van der Waals surface area contributed by atoms with Crippen LogP contribution in [0.4, 0.5) is 0 Å². The van der Waals surface area contributed by atoms with Crippen LogP contribution in [-0.4, -0.2) is 11.1 Å². The van der Waals surface area contributed by atoms with Crippen molar-refractivity contribution in [3.8, 4) is 0 Å². The molecule has 0 bridgehead atoms. The van der Waals surface area contributed by atoms with Gasteiger partial charge in [0.2, 0.25) is 0 Å². The smallest absolute Gasteiger partial charge is 0.309 e. The Hall–Kier alpha value is -0.540. The lowest BCUT2D eigenvalue weighted by atomic mass is 9.76. The molecular formula is C11H15ClO2S. The van der Waals surface area contributed by atoms with Crippen LogP contribution in [0, 0.1) is 11.3 Å². The third-order valence-electron chi connectivity index (χ3n) is 2.93. The van der Waals surface area contributed by atoms with Crippen LogP contribution in [0.1, 0.15) is 25.6 Å². The van der Waals surface area contributed by atoms with Gasteiger partial charge in [-0.3, -0.25) is 4.79 Å². The number of carboxylic acids is 1. The number of rotatable bonds is 4. The van der Waals surface area contributed by atoms with E-state index in [1.807, 2.05) is 26.0 Å². The van der Waals surface area contributed by atoms with Crippen molar-refractivity contribution in [3.05, 3.63) is 21.3 Å². The predicted molar refractivity (Wildman–Crippen MR) is 63.6 cm³/mol. The summed E-state index contributed by atoms with van der Waals surface area (Å²) in [6.45, 7) is 5.65. The minimum atomic E-state index is -0.748. The maximum atomic E-state index is 11.2. The second kappa shape index (κ2) is 4.54. The first-order valence-electron chi connectivity index (χ1n) is 4.84. The van der Waals surface area contributed by atoms with E-state index in [1.165, 1.54) is 11.3 Å². The summed E-state index contributed by atoms with van der Waals surface area (Å²) in [5, 5.41) is 9.24. The Morgan fingerprint density at radius 1 is 1.60 bits per heavy atom. The van der Waals surface area contributed by atoms with Crippen LogP contribution in [0.25, 0.3) is 0 Å². The van der Waals surface area contributed by atoms with Crippen molar-refractivity contribution >= 4 is 28.9 Å². The molecule has 1 rings (SSSR count). The maximum absolute atomic E-state index is 11.2. The molecule has 0 aliphatic rings. The first-order valence-corrected chi connectivity index (χ1v) is 6.03. The summed E-state index contributed by atoms with van der Waals surface area (Å²) in [6, 6.07) is 3.71. The fourth-order valence-electron chi connectivity index (χ4n) is 1.34. The third kappa shape index (κ3) is 2.73. The van der Waals surface area contributed by atoms with Crippen molar-refractivity contribution in [1.29, 1.82) is 0 Å². The second-order valence-electron chi connectivity index (χ2n) is 4.26. The van der Waals surface area contributed by atoms with Crippen LogP contribution < -0.4 is 0 Å². The summed E-state index contributed by atoms with van der Waals surface area (Å²) in [4.78, 5) is 12.3. The molecule has 0 spiro atoms. The molecule has 1 unspecified atom stereocenters. The van der Waals surface area contributed by atoms with Crippen molar-refractivity contribution in [1.82, 2.24) is 0 Å². The van der Waals surface area contributed by atoms with Gasteiger partial charge < -0.3 is 5.11 Å². The molecule has 0 radical (unpaired) electrons. The molecule has 84 valence electrons. The Morgan fingerprint density at radius 2 is 2.20 bits per heavy atom. The molecule has 0 aliphatic heterocycles. The van der Waals surface area contributed by atoms with Gasteiger partial charge in [0.15, 0.2) is 0 Å². The number of hydrogen-bond donors (Lipinski definition) is 1. The molecule has 2 nitrogen and oxygen atoms in total. The Morgan fingerprint density at radius 3 is 2.53 bits per heavy atom. The quantitative estimate of drug-likeness (QED) is 0.880. The Balaban J connectivity index is 2.89. The third-order valence-corrected chi connectivity index (χ3v) is 4.16. The lowest BCUT2D eigenvalue weighted by Gasteiger charge is -2.28. The lowest BCUT2D eigenvalue weighted by Crippen LogP contribution is -2.35. The standard InChI is InChI=1S/C11H15ClO2S/c1-7(2)11(3,10(13)14)6-8-4-5-9(12)15-8/h4-5,7H,6H2,1-3H3,(H,13,14). The summed E-state index contributed by atoms with van der Waals surface area (Å²) in [5.41, 5.74) is -0.714. The van der Waals surface area contributed by atoms with E-state index in [4.69, 9.17) is 11.6 Å². The van der Waals surface area contributed by atoms with Gasteiger partial charge in [0.1, 0.15) is 0 Å². The Bertz CT molecular complexity index is 359. The molecule has 0 fully saturated rings. The number of aliphatic carboxylic acids is 1. The van der Waals surface area contributed by atoms with E-state index < -0.39 is 11.4 Å². The van der Waals surface area contributed by atoms with E-state index in [-0.39, 0.29) is 5.92 Å². The molecule has 1 aromatic heterocycles. The van der Waals surface area contributed by atoms with Crippen LogP contribution in [0.3, 0.4) is 0 Å². The van der Waals surface area contributed by atoms with Crippen molar-refractivity contribution in [2.24, 2.45) is 11.3 Å². The fourth-order valence-corrected chi connectivity index (χ4v) is 2.59. The van der Waals surface area contributed by atoms with Gasteiger partial charge in [-0.1, -0.05) is 25.4 Å². The predicted octanol–water partition coefficient (Wildman–Crippen LogP) is 3.69. The van der Waals surface area contributed by atoms with E-state index in [0.29, 0.717) is 10.8 Å². The average Bonchev–Trinajstić information content (AvgIpc) is 2.50. The van der Waals surface area contributed by atoms with Gasteiger partial charge in [-0.15, -0.1) is 11.3 Å². The minimum Gasteiger partial charge on any atom is -0.481 e. The van der Waals surface area contributed by atoms with Crippen molar-refractivity contribution in [2.75, 3.05) is 0 Å². The SMILES string of the molecule is CC(C)C(C)(Cc1ccc(Cl)s1)C(=O)O. The molecule has 0 aromatic carbocycles. The number of carboxylic acid groups (broad SMARTS) is 1. The Kier molecular flexibility index (Phi) is 3.79. The number of hydrogen-bond acceptors (Lipinski definition) is 2. The monoisotopic (exact) mass is 246 g/mol. The Labute approximate surface area is 98.9 Å². The molecule has 15 heavy (non-hydrogen) atoms. The molecule has 1 aromatic rings. The van der Waals surface area contributed by atoms with Gasteiger partial charge in [0.25, 0.3) is 0 Å². The zero-order valence-electron chi connectivity index (χ0n) is 9.08. The van der Waals surface area contributed by atoms with E-state index >= 15 is 0 Å². The zero-order valence-corrected chi connectivity index (χ0v) is 10.7. The molecule has 1 heterocycles. The molecular weight excluding hydrogens is 232 g/mol. The number of carbonyl (C=O) groups is 1. The fraction of sp³-hybridized carbons (Fsp3) is 0.545. The molecule has 4 heteroatoms. The van der Waals surface area contributed by atoms with Crippen LogP contribution in [-0.2, 0) is 11.2 Å². The summed E-state index contributed by atoms with van der Waals surface area (Å²) < 4.78 is 0.710. The highest BCUT2D eigenvalue weighted by molar-refractivity contribution is 7.16. The van der Waals surface area contributed by atoms with Crippen molar-refractivity contribution < 1.29 is 9.90 Å². The number of thiophene rings is 1. The van der Waals surface area contributed by atoms with Crippen molar-refractivity contribution in [3.63, 3.8) is 0 Å². The van der Waals surface area contributed by atoms with Gasteiger partial charge >= 0.3 is 5.97 Å². The highest BCUT2D eigenvalue weighted by Crippen LogP contribution is 2.34. The minimum absolute atomic E-state index is 0.0934.